The smallest absolute Gasteiger partial charge is 0.103 e. The Hall–Kier alpha value is -0.620. The summed E-state index contributed by atoms with van der Waals surface area (Å²) in [5.41, 5.74) is 7.32. The van der Waals surface area contributed by atoms with Crippen molar-refractivity contribution in [2.75, 3.05) is 25.1 Å². The van der Waals surface area contributed by atoms with Crippen LogP contribution in [-0.4, -0.2) is 46.1 Å². The number of nitrogens with zero attached hydrogens (tertiary/aromatic N) is 1. The van der Waals surface area contributed by atoms with Crippen LogP contribution in [0.25, 0.3) is 0 Å². The van der Waals surface area contributed by atoms with E-state index in [9.17, 15) is 5.11 Å². The van der Waals surface area contributed by atoms with Crippen LogP contribution in [-0.2, 0) is 0 Å². The second-order valence-electron chi connectivity index (χ2n) is 4.96. The van der Waals surface area contributed by atoms with E-state index in [-0.39, 0.29) is 0 Å². The van der Waals surface area contributed by atoms with E-state index in [2.05, 4.69) is 11.9 Å². The van der Waals surface area contributed by atoms with Crippen molar-refractivity contribution in [1.82, 2.24) is 4.90 Å². The molecule has 2 unspecified atom stereocenters. The number of hydrogen-bond acceptors (Lipinski definition) is 4. The largest absolute Gasteiger partial charge is 0.389 e. The number of thioether (sulfide) groups is 1. The molecule has 0 saturated carbocycles. The molecule has 0 aliphatic carbocycles. The monoisotopic (exact) mass is 296 g/mol. The van der Waals surface area contributed by atoms with Gasteiger partial charge < -0.3 is 10.8 Å². The Morgan fingerprint density at radius 2 is 2.21 bits per heavy atom. The van der Waals surface area contributed by atoms with Gasteiger partial charge in [0, 0.05) is 23.9 Å². The van der Waals surface area contributed by atoms with E-state index in [0.717, 1.165) is 11.1 Å². The molecule has 104 valence electrons. The average Bonchev–Trinajstić information content (AvgIpc) is 2.92. The number of rotatable bonds is 5. The Morgan fingerprint density at radius 1 is 1.53 bits per heavy atom. The highest BCUT2D eigenvalue weighted by atomic mass is 32.2. The Kier molecular flexibility index (Phi) is 5.21. The van der Waals surface area contributed by atoms with Crippen LogP contribution in [0.3, 0.4) is 0 Å². The van der Waals surface area contributed by atoms with Crippen molar-refractivity contribution in [2.45, 2.75) is 18.6 Å². The molecule has 1 aromatic rings. The van der Waals surface area contributed by atoms with Gasteiger partial charge in [0.25, 0.3) is 0 Å². The van der Waals surface area contributed by atoms with Crippen molar-refractivity contribution in [3.05, 3.63) is 35.4 Å². The van der Waals surface area contributed by atoms with Gasteiger partial charge in [-0.3, -0.25) is 4.90 Å². The van der Waals surface area contributed by atoms with Gasteiger partial charge in [-0.2, -0.15) is 11.8 Å². The molecular weight excluding hydrogens is 276 g/mol. The van der Waals surface area contributed by atoms with Crippen molar-refractivity contribution in [1.29, 1.82) is 0 Å². The maximum atomic E-state index is 10.3. The molecule has 0 radical (unpaired) electrons. The summed E-state index contributed by atoms with van der Waals surface area (Å²) in [6.45, 7) is 0.664. The van der Waals surface area contributed by atoms with Gasteiger partial charge in [-0.15, -0.1) is 0 Å². The summed E-state index contributed by atoms with van der Waals surface area (Å²) in [6.07, 6.45) is 0.754. The van der Waals surface area contributed by atoms with Crippen molar-refractivity contribution < 1.29 is 5.11 Å². The molecule has 0 aromatic heterocycles. The minimum Gasteiger partial charge on any atom is -0.389 e. The van der Waals surface area contributed by atoms with E-state index in [0.29, 0.717) is 17.6 Å². The molecule has 1 heterocycles. The number of benzene rings is 1. The van der Waals surface area contributed by atoms with E-state index in [1.54, 1.807) is 0 Å². The molecule has 1 aliphatic heterocycles. The first kappa shape index (κ1) is 14.8. The zero-order chi connectivity index (χ0) is 13.8. The summed E-state index contributed by atoms with van der Waals surface area (Å²) in [7, 11) is 2.09. The molecule has 1 aromatic carbocycles. The van der Waals surface area contributed by atoms with E-state index in [1.165, 1.54) is 17.9 Å². The first-order chi connectivity index (χ1) is 9.08. The molecule has 3 N–H and O–H groups in total. The molecule has 2 atom stereocenters. The molecule has 1 fully saturated rings. The van der Waals surface area contributed by atoms with E-state index in [1.807, 2.05) is 36.0 Å². The Bertz CT molecular complexity index is 430. The lowest BCUT2D eigenvalue weighted by Gasteiger charge is -2.26. The first-order valence-electron chi connectivity index (χ1n) is 6.43. The van der Waals surface area contributed by atoms with Crippen LogP contribution in [0.2, 0.25) is 0 Å². The van der Waals surface area contributed by atoms with Crippen LogP contribution in [0.4, 0.5) is 0 Å². The maximum absolute atomic E-state index is 10.3. The third kappa shape index (κ3) is 3.92. The number of likely N-dealkylation sites (N-methyl/N-ethyl adjacent to an activating group) is 1. The number of aliphatic hydroxyl groups is 1. The van der Waals surface area contributed by atoms with Gasteiger partial charge in [-0.25, -0.2) is 0 Å². The predicted molar refractivity (Wildman–Crippen MR) is 85.6 cm³/mol. The number of thiocarbonyl (C=S) groups is 1. The summed E-state index contributed by atoms with van der Waals surface area (Å²) in [5.74, 6) is 2.40. The second kappa shape index (κ2) is 6.70. The summed E-state index contributed by atoms with van der Waals surface area (Å²) >= 11 is 6.91. The SMILES string of the molecule is CN(CC(O)c1ccc(C(N)=S)cc1)C1CCSC1. The highest BCUT2D eigenvalue weighted by Gasteiger charge is 2.22. The zero-order valence-corrected chi connectivity index (χ0v) is 12.7. The van der Waals surface area contributed by atoms with Crippen LogP contribution in [0, 0.1) is 0 Å². The summed E-state index contributed by atoms with van der Waals surface area (Å²) in [4.78, 5) is 2.65. The van der Waals surface area contributed by atoms with Crippen LogP contribution in [0.15, 0.2) is 24.3 Å². The highest BCUT2D eigenvalue weighted by molar-refractivity contribution is 7.99. The third-order valence-corrected chi connectivity index (χ3v) is 4.95. The maximum Gasteiger partial charge on any atom is 0.103 e. The molecule has 1 saturated heterocycles. The van der Waals surface area contributed by atoms with Gasteiger partial charge in [-0.05, 0) is 24.8 Å². The summed E-state index contributed by atoms with van der Waals surface area (Å²) in [6, 6.07) is 8.13. The standard InChI is InChI=1S/C14H20N2OS2/c1-16(12-6-7-19-9-12)8-13(17)10-2-4-11(5-3-10)14(15)18/h2-5,12-13,17H,6-9H2,1H3,(H2,15,18). The lowest BCUT2D eigenvalue weighted by Crippen LogP contribution is -2.34. The van der Waals surface area contributed by atoms with Gasteiger partial charge in [0.2, 0.25) is 0 Å². The molecule has 19 heavy (non-hydrogen) atoms. The molecule has 0 amide bonds. The lowest BCUT2D eigenvalue weighted by molar-refractivity contribution is 0.110. The average molecular weight is 296 g/mol. The van der Waals surface area contributed by atoms with Gasteiger partial charge in [0.05, 0.1) is 6.10 Å². The Labute approximate surface area is 124 Å². The molecule has 2 rings (SSSR count). The molecule has 3 nitrogen and oxygen atoms in total. The Balaban J connectivity index is 1.95. The Morgan fingerprint density at radius 3 is 2.74 bits per heavy atom. The van der Waals surface area contributed by atoms with Crippen LogP contribution in [0.5, 0.6) is 0 Å². The lowest BCUT2D eigenvalue weighted by atomic mass is 10.1. The van der Waals surface area contributed by atoms with Crippen molar-refractivity contribution in [3.8, 4) is 0 Å². The number of aliphatic hydroxyl groups excluding tert-OH is 1. The first-order valence-corrected chi connectivity index (χ1v) is 8.00. The highest BCUT2D eigenvalue weighted by Crippen LogP contribution is 2.23. The van der Waals surface area contributed by atoms with Crippen molar-refractivity contribution in [2.24, 2.45) is 5.73 Å². The van der Waals surface area contributed by atoms with Crippen LogP contribution >= 0.6 is 24.0 Å². The van der Waals surface area contributed by atoms with E-state index < -0.39 is 6.10 Å². The molecule has 5 heteroatoms. The molecule has 1 aliphatic rings. The number of hydrogen-bond donors (Lipinski definition) is 2. The predicted octanol–water partition coefficient (Wildman–Crippen LogP) is 1.79. The third-order valence-electron chi connectivity index (χ3n) is 3.57. The molecule has 0 bridgehead atoms. The fourth-order valence-corrected chi connectivity index (χ4v) is 3.70. The molecular formula is C14H20N2OS2. The normalized spacial score (nSPS) is 20.7. The van der Waals surface area contributed by atoms with Gasteiger partial charge in [0.1, 0.15) is 4.99 Å². The van der Waals surface area contributed by atoms with Crippen LogP contribution < -0.4 is 5.73 Å². The van der Waals surface area contributed by atoms with Crippen LogP contribution in [0.1, 0.15) is 23.7 Å². The van der Waals surface area contributed by atoms with E-state index >= 15 is 0 Å². The minimum absolute atomic E-state index is 0.390. The van der Waals surface area contributed by atoms with Gasteiger partial charge >= 0.3 is 0 Å². The fraction of sp³-hybridized carbons (Fsp3) is 0.500. The quantitative estimate of drug-likeness (QED) is 0.811. The number of nitrogens with two attached hydrogens (primary N) is 1. The summed E-state index contributed by atoms with van der Waals surface area (Å²) in [5, 5.41) is 10.3. The van der Waals surface area contributed by atoms with E-state index in [4.69, 9.17) is 18.0 Å². The molecule has 0 spiro atoms. The second-order valence-corrected chi connectivity index (χ2v) is 6.55. The zero-order valence-electron chi connectivity index (χ0n) is 11.1. The van der Waals surface area contributed by atoms with Crippen molar-refractivity contribution in [3.63, 3.8) is 0 Å². The minimum atomic E-state index is -0.462. The van der Waals surface area contributed by atoms with Crippen molar-refractivity contribution >= 4 is 29.0 Å². The topological polar surface area (TPSA) is 49.5 Å². The van der Waals surface area contributed by atoms with Gasteiger partial charge in [0.15, 0.2) is 0 Å². The summed E-state index contributed by atoms with van der Waals surface area (Å²) < 4.78 is 0. The fourth-order valence-electron chi connectivity index (χ4n) is 2.27. The van der Waals surface area contributed by atoms with Gasteiger partial charge in [-0.1, -0.05) is 36.5 Å².